The van der Waals surface area contributed by atoms with Crippen LogP contribution in [0.3, 0.4) is 0 Å². The molecule has 30 heavy (non-hydrogen) atoms. The van der Waals surface area contributed by atoms with Gasteiger partial charge in [-0.2, -0.15) is 0 Å². The molecule has 3 rings (SSSR count). The summed E-state index contributed by atoms with van der Waals surface area (Å²) in [5, 5.41) is 5.67. The van der Waals surface area contributed by atoms with Crippen LogP contribution in [0, 0.1) is 17.5 Å². The van der Waals surface area contributed by atoms with Crippen LogP contribution in [0.5, 0.6) is 0 Å². The molecule has 1 heterocycles. The maximum absolute atomic E-state index is 13.4. The van der Waals surface area contributed by atoms with Gasteiger partial charge in [-0.05, 0) is 31.5 Å². The normalized spacial score (nSPS) is 11.4. The standard InChI is InChI=1S/C18H16F3N5O2S2/c1-22-30(27,28)11-3-4-15(29-2)14(7-11)26-17-8-16(23-9-24-17)25-10-5-12(19)18(21)13(20)6-10/h3-9,22H,1-2H3,(H2,23,24,25,26). The highest BCUT2D eigenvalue weighted by Crippen LogP contribution is 2.31. The Bertz CT molecular complexity index is 1170. The Morgan fingerprint density at radius 3 is 2.17 bits per heavy atom. The lowest BCUT2D eigenvalue weighted by molar-refractivity contribution is 0.448. The third-order valence-corrected chi connectivity index (χ3v) is 6.14. The summed E-state index contributed by atoms with van der Waals surface area (Å²) in [7, 11) is -2.33. The van der Waals surface area contributed by atoms with Gasteiger partial charge in [0.05, 0.1) is 10.6 Å². The Kier molecular flexibility index (Phi) is 6.48. The molecule has 0 saturated carbocycles. The molecule has 0 spiro atoms. The third kappa shape index (κ3) is 4.83. The van der Waals surface area contributed by atoms with Gasteiger partial charge < -0.3 is 10.6 Å². The minimum Gasteiger partial charge on any atom is -0.340 e. The zero-order valence-corrected chi connectivity index (χ0v) is 17.3. The van der Waals surface area contributed by atoms with Gasteiger partial charge in [-0.1, -0.05) is 0 Å². The Hall–Kier alpha value is -2.83. The second-order valence-corrected chi connectivity index (χ2v) is 8.60. The van der Waals surface area contributed by atoms with E-state index >= 15 is 0 Å². The topological polar surface area (TPSA) is 96.0 Å². The molecule has 3 aromatic rings. The van der Waals surface area contributed by atoms with Crippen LogP contribution in [0.2, 0.25) is 0 Å². The first kappa shape index (κ1) is 21.9. The molecule has 2 aromatic carbocycles. The van der Waals surface area contributed by atoms with Gasteiger partial charge in [0, 0.05) is 28.8 Å². The van der Waals surface area contributed by atoms with Gasteiger partial charge in [-0.25, -0.2) is 36.3 Å². The van der Waals surface area contributed by atoms with E-state index in [4.69, 9.17) is 0 Å². The van der Waals surface area contributed by atoms with Gasteiger partial charge >= 0.3 is 0 Å². The first-order valence-corrected chi connectivity index (χ1v) is 11.1. The second-order valence-electron chi connectivity index (χ2n) is 5.86. The number of nitrogens with zero attached hydrogens (tertiary/aromatic N) is 2. The SMILES string of the molecule is CNS(=O)(=O)c1ccc(SC)c(Nc2cc(Nc3cc(F)c(F)c(F)c3)ncn2)c1. The number of nitrogens with one attached hydrogen (secondary N) is 3. The van der Waals surface area contributed by atoms with E-state index in [1.807, 2.05) is 6.26 Å². The summed E-state index contributed by atoms with van der Waals surface area (Å²) in [6.07, 6.45) is 3.03. The van der Waals surface area contributed by atoms with E-state index in [9.17, 15) is 21.6 Å². The van der Waals surface area contributed by atoms with Crippen LogP contribution in [0.1, 0.15) is 0 Å². The van der Waals surface area contributed by atoms with Gasteiger partial charge in [0.15, 0.2) is 17.5 Å². The van der Waals surface area contributed by atoms with Crippen LogP contribution in [0.25, 0.3) is 0 Å². The Morgan fingerprint density at radius 2 is 1.57 bits per heavy atom. The fourth-order valence-corrected chi connectivity index (χ4v) is 3.77. The van der Waals surface area contributed by atoms with E-state index in [1.165, 1.54) is 43.3 Å². The van der Waals surface area contributed by atoms with E-state index in [2.05, 4.69) is 25.3 Å². The quantitative estimate of drug-likeness (QED) is 0.366. The Morgan fingerprint density at radius 1 is 0.933 bits per heavy atom. The Labute approximate surface area is 175 Å². The van der Waals surface area contributed by atoms with Crippen LogP contribution in [-0.2, 0) is 10.0 Å². The summed E-state index contributed by atoms with van der Waals surface area (Å²) in [5.74, 6) is -3.76. The molecule has 0 bridgehead atoms. The summed E-state index contributed by atoms with van der Waals surface area (Å²) in [5.41, 5.74) is 0.449. The maximum Gasteiger partial charge on any atom is 0.240 e. The lowest BCUT2D eigenvalue weighted by atomic mass is 10.3. The predicted molar refractivity (Wildman–Crippen MR) is 109 cm³/mol. The van der Waals surface area contributed by atoms with Crippen molar-refractivity contribution in [3.63, 3.8) is 0 Å². The molecule has 0 unspecified atom stereocenters. The van der Waals surface area contributed by atoms with Crippen LogP contribution in [0.15, 0.2) is 52.5 Å². The maximum atomic E-state index is 13.4. The number of thioether (sulfide) groups is 1. The minimum atomic E-state index is -3.64. The van der Waals surface area contributed by atoms with Crippen LogP contribution in [0.4, 0.5) is 36.2 Å². The molecule has 1 aromatic heterocycles. The molecule has 3 N–H and O–H groups in total. The highest BCUT2D eigenvalue weighted by Gasteiger charge is 2.15. The first-order valence-electron chi connectivity index (χ1n) is 8.35. The van der Waals surface area contributed by atoms with Crippen molar-refractivity contribution in [2.24, 2.45) is 0 Å². The fraction of sp³-hybridized carbons (Fsp3) is 0.111. The number of hydrogen-bond donors (Lipinski definition) is 3. The number of sulfonamides is 1. The van der Waals surface area contributed by atoms with Gasteiger partial charge in [-0.15, -0.1) is 11.8 Å². The average Bonchev–Trinajstić information content (AvgIpc) is 2.72. The fourth-order valence-electron chi connectivity index (χ4n) is 2.48. The van der Waals surface area contributed by atoms with Crippen LogP contribution >= 0.6 is 11.8 Å². The van der Waals surface area contributed by atoms with Crippen molar-refractivity contribution < 1.29 is 21.6 Å². The number of benzene rings is 2. The second kappa shape index (κ2) is 8.90. The Balaban J connectivity index is 1.89. The van der Waals surface area contributed by atoms with Gasteiger partial charge in [-0.3, -0.25) is 0 Å². The molecule has 0 saturated heterocycles. The summed E-state index contributed by atoms with van der Waals surface area (Å²) in [6.45, 7) is 0. The molecular weight excluding hydrogens is 439 g/mol. The summed E-state index contributed by atoms with van der Waals surface area (Å²) in [6, 6.07) is 7.63. The van der Waals surface area contributed by atoms with Crippen molar-refractivity contribution >= 4 is 44.8 Å². The van der Waals surface area contributed by atoms with Crippen molar-refractivity contribution in [1.29, 1.82) is 0 Å². The summed E-state index contributed by atoms with van der Waals surface area (Å²) < 4.78 is 66.3. The van der Waals surface area contributed by atoms with Crippen molar-refractivity contribution in [2.75, 3.05) is 23.9 Å². The zero-order valence-electron chi connectivity index (χ0n) is 15.7. The molecule has 0 fully saturated rings. The average molecular weight is 455 g/mol. The molecule has 0 aliphatic carbocycles. The molecule has 0 atom stereocenters. The summed E-state index contributed by atoms with van der Waals surface area (Å²) >= 11 is 1.40. The van der Waals surface area contributed by atoms with E-state index in [1.54, 1.807) is 6.07 Å². The lowest BCUT2D eigenvalue weighted by Crippen LogP contribution is -2.18. The molecule has 158 valence electrons. The van der Waals surface area contributed by atoms with Crippen LogP contribution < -0.4 is 15.4 Å². The number of rotatable bonds is 7. The molecule has 0 amide bonds. The van der Waals surface area contributed by atoms with Crippen molar-refractivity contribution in [3.05, 3.63) is 60.2 Å². The molecule has 0 radical (unpaired) electrons. The smallest absolute Gasteiger partial charge is 0.240 e. The van der Waals surface area contributed by atoms with E-state index < -0.39 is 27.5 Å². The van der Waals surface area contributed by atoms with E-state index in [0.717, 1.165) is 17.0 Å². The highest BCUT2D eigenvalue weighted by molar-refractivity contribution is 7.98. The lowest BCUT2D eigenvalue weighted by Gasteiger charge is -2.13. The zero-order chi connectivity index (χ0) is 21.9. The van der Waals surface area contributed by atoms with E-state index in [-0.39, 0.29) is 16.4 Å². The van der Waals surface area contributed by atoms with Gasteiger partial charge in [0.2, 0.25) is 10.0 Å². The number of hydrogen-bond acceptors (Lipinski definition) is 7. The molecule has 12 heteroatoms. The first-order chi connectivity index (χ1) is 14.2. The van der Waals surface area contributed by atoms with Crippen molar-refractivity contribution in [1.82, 2.24) is 14.7 Å². The monoisotopic (exact) mass is 455 g/mol. The minimum absolute atomic E-state index is 0.0389. The number of halogens is 3. The molecule has 0 aliphatic rings. The molecular formula is C18H16F3N5O2S2. The van der Waals surface area contributed by atoms with Crippen molar-refractivity contribution in [2.45, 2.75) is 9.79 Å². The molecule has 0 aliphatic heterocycles. The predicted octanol–water partition coefficient (Wildman–Crippen LogP) is 4.01. The van der Waals surface area contributed by atoms with Gasteiger partial charge in [0.1, 0.15) is 18.0 Å². The number of anilines is 4. The third-order valence-electron chi connectivity index (χ3n) is 3.94. The number of aromatic nitrogens is 2. The van der Waals surface area contributed by atoms with Crippen LogP contribution in [-0.4, -0.2) is 31.7 Å². The van der Waals surface area contributed by atoms with Gasteiger partial charge in [0.25, 0.3) is 0 Å². The van der Waals surface area contributed by atoms with Crippen molar-refractivity contribution in [3.8, 4) is 0 Å². The summed E-state index contributed by atoms with van der Waals surface area (Å²) in [4.78, 5) is 8.86. The molecule has 7 nitrogen and oxygen atoms in total. The highest BCUT2D eigenvalue weighted by atomic mass is 32.2. The largest absolute Gasteiger partial charge is 0.340 e. The van der Waals surface area contributed by atoms with E-state index in [0.29, 0.717) is 11.5 Å².